The van der Waals surface area contributed by atoms with Crippen LogP contribution in [0.5, 0.6) is 17.2 Å². The first kappa shape index (κ1) is 21.3. The third-order valence-electron chi connectivity index (χ3n) is 5.42. The monoisotopic (exact) mass is 414 g/mol. The third kappa shape index (κ3) is 3.85. The largest absolute Gasteiger partial charge is 0.494 e. The van der Waals surface area contributed by atoms with Crippen LogP contribution in [0.1, 0.15) is 51.6 Å². The second-order valence-electron chi connectivity index (χ2n) is 7.03. The van der Waals surface area contributed by atoms with Crippen LogP contribution in [0.25, 0.3) is 0 Å². The van der Waals surface area contributed by atoms with Gasteiger partial charge in [-0.3, -0.25) is 4.79 Å². The molecule has 1 unspecified atom stereocenters. The summed E-state index contributed by atoms with van der Waals surface area (Å²) in [6.45, 7) is 0.713. The molecule has 0 radical (unpaired) electrons. The highest BCUT2D eigenvalue weighted by atomic mass is 16.5. The quantitative estimate of drug-likeness (QED) is 0.715. The number of carboxylic acid groups (broad SMARTS) is 1. The first-order valence-corrected chi connectivity index (χ1v) is 9.65. The van der Waals surface area contributed by atoms with Gasteiger partial charge in [0.1, 0.15) is 5.56 Å². The summed E-state index contributed by atoms with van der Waals surface area (Å²) in [7, 11) is 4.57. The van der Waals surface area contributed by atoms with Gasteiger partial charge in [-0.25, -0.2) is 4.79 Å². The van der Waals surface area contributed by atoms with E-state index in [2.05, 4.69) is 4.90 Å². The Balaban J connectivity index is 2.12. The minimum absolute atomic E-state index is 0.0199. The highest BCUT2D eigenvalue weighted by molar-refractivity contribution is 6.07. The topological polar surface area (TPSA) is 111 Å². The summed E-state index contributed by atoms with van der Waals surface area (Å²) in [6, 6.07) is 8.90. The van der Waals surface area contributed by atoms with Gasteiger partial charge in [-0.2, -0.15) is 0 Å². The average Bonchev–Trinajstić information content (AvgIpc) is 2.77. The van der Waals surface area contributed by atoms with Gasteiger partial charge in [0, 0.05) is 6.54 Å². The van der Waals surface area contributed by atoms with Gasteiger partial charge in [-0.1, -0.05) is 6.07 Å². The standard InChI is InChI=1S/C22H26N2O6/c1-28-17-10-7-13(12-18(17)29-2)15-6-4-5-11-24(15)16-9-8-14(21(23)25)19(22(26)27)20(16)30-3/h7-10,12,15H,4-6,11H2,1-3H3,(H2,23,25)(H,26,27). The molecule has 3 N–H and O–H groups in total. The van der Waals surface area contributed by atoms with Crippen LogP contribution in [0.15, 0.2) is 30.3 Å². The highest BCUT2D eigenvalue weighted by Gasteiger charge is 2.31. The van der Waals surface area contributed by atoms with Gasteiger partial charge in [0.15, 0.2) is 17.2 Å². The molecule has 2 aromatic carbocycles. The third-order valence-corrected chi connectivity index (χ3v) is 5.42. The normalized spacial score (nSPS) is 16.1. The van der Waals surface area contributed by atoms with Gasteiger partial charge < -0.3 is 30.0 Å². The predicted octanol–water partition coefficient (Wildman–Crippen LogP) is 3.24. The van der Waals surface area contributed by atoms with Crippen molar-refractivity contribution in [1.29, 1.82) is 0 Å². The maximum atomic E-state index is 11.9. The molecule has 1 heterocycles. The van der Waals surface area contributed by atoms with Crippen molar-refractivity contribution in [3.05, 3.63) is 47.0 Å². The second-order valence-corrected chi connectivity index (χ2v) is 7.03. The lowest BCUT2D eigenvalue weighted by atomic mass is 9.93. The number of aromatic carboxylic acids is 1. The summed E-state index contributed by atoms with van der Waals surface area (Å²) in [5.41, 5.74) is 6.71. The minimum Gasteiger partial charge on any atom is -0.494 e. The number of hydrogen-bond donors (Lipinski definition) is 2. The molecule has 0 spiro atoms. The second kappa shape index (κ2) is 8.94. The van der Waals surface area contributed by atoms with E-state index in [1.165, 1.54) is 13.2 Å². The number of carboxylic acids is 1. The van der Waals surface area contributed by atoms with Crippen molar-refractivity contribution >= 4 is 17.6 Å². The average molecular weight is 414 g/mol. The van der Waals surface area contributed by atoms with Gasteiger partial charge in [-0.05, 0) is 49.1 Å². The van der Waals surface area contributed by atoms with E-state index in [0.717, 1.165) is 24.8 Å². The molecule has 1 amide bonds. The molecule has 30 heavy (non-hydrogen) atoms. The molecule has 1 fully saturated rings. The highest BCUT2D eigenvalue weighted by Crippen LogP contribution is 2.43. The fraction of sp³-hybridized carbons (Fsp3) is 0.364. The molecule has 3 rings (SSSR count). The first-order chi connectivity index (χ1) is 14.4. The SMILES string of the molecule is COc1ccc(C2CCCCN2c2ccc(C(N)=O)c(C(=O)O)c2OC)cc1OC. The zero-order valence-corrected chi connectivity index (χ0v) is 17.3. The number of anilines is 1. The van der Waals surface area contributed by atoms with Crippen LogP contribution in [0.2, 0.25) is 0 Å². The van der Waals surface area contributed by atoms with E-state index in [-0.39, 0.29) is 22.9 Å². The summed E-state index contributed by atoms with van der Waals surface area (Å²) in [5.74, 6) is -0.677. The Bertz CT molecular complexity index is 959. The molecule has 0 bridgehead atoms. The number of amides is 1. The number of methoxy groups -OCH3 is 3. The predicted molar refractivity (Wildman–Crippen MR) is 112 cm³/mol. The summed E-state index contributed by atoms with van der Waals surface area (Å²) < 4.78 is 16.3. The molecule has 0 aromatic heterocycles. The van der Waals surface area contributed by atoms with E-state index in [1.807, 2.05) is 18.2 Å². The number of rotatable bonds is 7. The summed E-state index contributed by atoms with van der Waals surface area (Å²) in [6.07, 6.45) is 2.86. The Morgan fingerprint density at radius 1 is 1.03 bits per heavy atom. The molecular formula is C22H26N2O6. The van der Waals surface area contributed by atoms with E-state index in [1.54, 1.807) is 20.3 Å². The zero-order valence-electron chi connectivity index (χ0n) is 17.3. The van der Waals surface area contributed by atoms with Crippen LogP contribution < -0.4 is 24.8 Å². The van der Waals surface area contributed by atoms with Crippen LogP contribution in [-0.2, 0) is 0 Å². The van der Waals surface area contributed by atoms with Gasteiger partial charge in [0.25, 0.3) is 0 Å². The molecule has 8 heteroatoms. The number of piperidine rings is 1. The van der Waals surface area contributed by atoms with Crippen molar-refractivity contribution in [3.8, 4) is 17.2 Å². The Labute approximate surface area is 175 Å². The molecular weight excluding hydrogens is 388 g/mol. The number of hydrogen-bond acceptors (Lipinski definition) is 6. The lowest BCUT2D eigenvalue weighted by molar-refractivity contribution is 0.0688. The number of carbonyl (C=O) groups excluding carboxylic acids is 1. The maximum Gasteiger partial charge on any atom is 0.340 e. The summed E-state index contributed by atoms with van der Waals surface area (Å²) in [5, 5.41) is 9.72. The van der Waals surface area contributed by atoms with Crippen molar-refractivity contribution in [1.82, 2.24) is 0 Å². The van der Waals surface area contributed by atoms with Crippen LogP contribution in [0.3, 0.4) is 0 Å². The van der Waals surface area contributed by atoms with E-state index in [0.29, 0.717) is 23.7 Å². The molecule has 1 aliphatic heterocycles. The minimum atomic E-state index is -1.26. The van der Waals surface area contributed by atoms with E-state index >= 15 is 0 Å². The number of ether oxygens (including phenoxy) is 3. The van der Waals surface area contributed by atoms with E-state index in [9.17, 15) is 14.7 Å². The van der Waals surface area contributed by atoms with Gasteiger partial charge in [-0.15, -0.1) is 0 Å². The fourth-order valence-corrected chi connectivity index (χ4v) is 4.05. The Morgan fingerprint density at radius 3 is 2.37 bits per heavy atom. The lowest BCUT2D eigenvalue weighted by Crippen LogP contribution is -2.34. The van der Waals surface area contributed by atoms with Gasteiger partial charge in [0.2, 0.25) is 5.91 Å². The van der Waals surface area contributed by atoms with E-state index in [4.69, 9.17) is 19.9 Å². The molecule has 160 valence electrons. The molecule has 0 aliphatic carbocycles. The van der Waals surface area contributed by atoms with Crippen LogP contribution in [0, 0.1) is 0 Å². The van der Waals surface area contributed by atoms with Crippen LogP contribution >= 0.6 is 0 Å². The Kier molecular flexibility index (Phi) is 6.34. The summed E-state index contributed by atoms with van der Waals surface area (Å²) >= 11 is 0. The first-order valence-electron chi connectivity index (χ1n) is 9.65. The molecule has 2 aromatic rings. The Morgan fingerprint density at radius 2 is 1.77 bits per heavy atom. The molecule has 0 saturated carbocycles. The van der Waals surface area contributed by atoms with Crippen molar-refractivity contribution in [2.45, 2.75) is 25.3 Å². The fourth-order valence-electron chi connectivity index (χ4n) is 4.05. The molecule has 1 saturated heterocycles. The van der Waals surface area contributed by atoms with Crippen molar-refractivity contribution in [3.63, 3.8) is 0 Å². The van der Waals surface area contributed by atoms with Crippen molar-refractivity contribution in [2.75, 3.05) is 32.8 Å². The summed E-state index contributed by atoms with van der Waals surface area (Å²) in [4.78, 5) is 25.8. The Hall–Kier alpha value is -3.42. The zero-order chi connectivity index (χ0) is 21.8. The van der Waals surface area contributed by atoms with E-state index < -0.39 is 11.9 Å². The lowest BCUT2D eigenvalue weighted by Gasteiger charge is -2.39. The smallest absolute Gasteiger partial charge is 0.340 e. The van der Waals surface area contributed by atoms with Gasteiger partial charge in [0.05, 0.1) is 38.6 Å². The van der Waals surface area contributed by atoms with Gasteiger partial charge >= 0.3 is 5.97 Å². The number of nitrogens with two attached hydrogens (primary N) is 1. The number of carbonyl (C=O) groups is 2. The van der Waals surface area contributed by atoms with Crippen molar-refractivity contribution < 1.29 is 28.9 Å². The molecule has 1 aliphatic rings. The number of primary amides is 1. The van der Waals surface area contributed by atoms with Crippen LogP contribution in [0.4, 0.5) is 5.69 Å². The molecule has 1 atom stereocenters. The number of nitrogens with zero attached hydrogens (tertiary/aromatic N) is 1. The van der Waals surface area contributed by atoms with Crippen LogP contribution in [-0.4, -0.2) is 44.9 Å². The molecule has 8 nitrogen and oxygen atoms in total. The maximum absolute atomic E-state index is 11.9. The number of benzene rings is 2. The van der Waals surface area contributed by atoms with Crippen molar-refractivity contribution in [2.24, 2.45) is 5.73 Å².